The van der Waals surface area contributed by atoms with Gasteiger partial charge in [0, 0.05) is 11.9 Å². The molecule has 0 bridgehead atoms. The fourth-order valence-electron chi connectivity index (χ4n) is 2.80. The van der Waals surface area contributed by atoms with Crippen molar-refractivity contribution in [3.05, 3.63) is 81.1 Å². The number of rotatable bonds is 3. The van der Waals surface area contributed by atoms with Crippen LogP contribution in [0.3, 0.4) is 0 Å². The lowest BCUT2D eigenvalue weighted by Gasteiger charge is -2.19. The molecule has 6 nitrogen and oxygen atoms in total. The molecule has 142 valence electrons. The van der Waals surface area contributed by atoms with Crippen molar-refractivity contribution in [3.8, 4) is 11.4 Å². The van der Waals surface area contributed by atoms with Gasteiger partial charge in [-0.3, -0.25) is 14.9 Å². The first-order chi connectivity index (χ1) is 13.2. The number of hydrogen-bond acceptors (Lipinski definition) is 3. The van der Waals surface area contributed by atoms with Crippen molar-refractivity contribution in [1.82, 2.24) is 9.78 Å². The van der Waals surface area contributed by atoms with Crippen molar-refractivity contribution in [2.45, 2.75) is 33.1 Å². The number of aryl methyl sites for hydroxylation is 1. The zero-order valence-electron chi connectivity index (χ0n) is 16.3. The van der Waals surface area contributed by atoms with E-state index in [0.29, 0.717) is 28.3 Å². The number of nitrogens with zero attached hydrogens (tertiary/aromatic N) is 3. The van der Waals surface area contributed by atoms with Crippen molar-refractivity contribution in [2.75, 3.05) is 0 Å². The molecule has 6 heteroatoms. The highest BCUT2D eigenvalue weighted by Crippen LogP contribution is 2.32. The van der Waals surface area contributed by atoms with Crippen LogP contribution in [0.15, 0.2) is 52.3 Å². The van der Waals surface area contributed by atoms with Gasteiger partial charge < -0.3 is 5.11 Å². The molecule has 0 atom stereocenters. The molecular weight excluding hydrogens is 352 g/mol. The molecule has 0 radical (unpaired) electrons. The molecule has 0 unspecified atom stereocenters. The lowest BCUT2D eigenvalue weighted by molar-refractivity contribution is 0.475. The Hall–Kier alpha value is -3.59. The third-order valence-electron chi connectivity index (χ3n) is 4.53. The Labute approximate surface area is 163 Å². The van der Waals surface area contributed by atoms with Crippen molar-refractivity contribution in [2.24, 2.45) is 4.99 Å². The summed E-state index contributed by atoms with van der Waals surface area (Å²) in [6.45, 7) is 15.1. The van der Waals surface area contributed by atoms with Gasteiger partial charge in [0.05, 0.1) is 17.8 Å². The molecule has 0 aliphatic heterocycles. The summed E-state index contributed by atoms with van der Waals surface area (Å²) in [5, 5.41) is 13.1. The van der Waals surface area contributed by atoms with Crippen LogP contribution in [-0.4, -0.2) is 21.1 Å². The van der Waals surface area contributed by atoms with Crippen molar-refractivity contribution >= 4 is 17.6 Å². The quantitative estimate of drug-likeness (QED) is 0.511. The summed E-state index contributed by atoms with van der Waals surface area (Å²) in [6.07, 6.45) is 1.47. The summed E-state index contributed by atoms with van der Waals surface area (Å²) in [6, 6.07) is 12.1. The highest BCUT2D eigenvalue weighted by molar-refractivity contribution is 5.83. The van der Waals surface area contributed by atoms with Crippen molar-refractivity contribution in [1.29, 1.82) is 0 Å². The zero-order chi connectivity index (χ0) is 20.5. The van der Waals surface area contributed by atoms with E-state index < -0.39 is 0 Å². The average molecular weight is 374 g/mol. The van der Waals surface area contributed by atoms with E-state index in [2.05, 4.69) is 35.7 Å². The first-order valence-electron chi connectivity index (χ1n) is 8.88. The van der Waals surface area contributed by atoms with Crippen LogP contribution in [-0.2, 0) is 5.41 Å². The lowest BCUT2D eigenvalue weighted by Crippen LogP contribution is -2.17. The Balaban J connectivity index is 1.99. The third kappa shape index (κ3) is 3.74. The fraction of sp³-hybridized carbons (Fsp3) is 0.227. The number of aliphatic imine (C=N–C) groups is 1. The van der Waals surface area contributed by atoms with Crippen LogP contribution in [0.2, 0.25) is 0 Å². The molecule has 0 aliphatic carbocycles. The summed E-state index contributed by atoms with van der Waals surface area (Å²) in [7, 11) is 0. The van der Waals surface area contributed by atoms with Gasteiger partial charge in [-0.25, -0.2) is 9.53 Å². The largest absolute Gasteiger partial charge is 0.506 e. The number of aromatic nitrogens is 2. The number of aromatic hydroxyl groups is 1. The maximum atomic E-state index is 12.8. The molecule has 0 saturated heterocycles. The van der Waals surface area contributed by atoms with E-state index in [-0.39, 0.29) is 16.7 Å². The molecule has 0 amide bonds. The highest BCUT2D eigenvalue weighted by atomic mass is 16.3. The second-order valence-corrected chi connectivity index (χ2v) is 7.63. The molecule has 1 heterocycles. The fourth-order valence-corrected chi connectivity index (χ4v) is 2.80. The maximum Gasteiger partial charge on any atom is 0.280 e. The number of H-pyrrole nitrogens is 1. The molecule has 28 heavy (non-hydrogen) atoms. The van der Waals surface area contributed by atoms with Crippen LogP contribution < -0.4 is 5.56 Å². The Morgan fingerprint density at radius 1 is 1.18 bits per heavy atom. The van der Waals surface area contributed by atoms with Gasteiger partial charge in [0.2, 0.25) is 0 Å². The Morgan fingerprint density at radius 3 is 2.46 bits per heavy atom. The van der Waals surface area contributed by atoms with Crippen LogP contribution in [0.1, 0.15) is 37.6 Å². The molecule has 0 fully saturated rings. The van der Waals surface area contributed by atoms with Gasteiger partial charge in [0.1, 0.15) is 11.4 Å². The smallest absolute Gasteiger partial charge is 0.280 e. The predicted octanol–water partition coefficient (Wildman–Crippen LogP) is 4.78. The van der Waals surface area contributed by atoms with Gasteiger partial charge in [-0.2, -0.15) is 0 Å². The monoisotopic (exact) mass is 374 g/mol. The summed E-state index contributed by atoms with van der Waals surface area (Å²) in [5.74, 6) is 0.0625. The molecule has 2 aromatic carbocycles. The van der Waals surface area contributed by atoms with Crippen LogP contribution in [0.5, 0.6) is 5.75 Å². The summed E-state index contributed by atoms with van der Waals surface area (Å²) >= 11 is 0. The molecule has 3 rings (SSSR count). The number of nitrogens with one attached hydrogen (secondary N) is 1. The summed E-state index contributed by atoms with van der Waals surface area (Å²) in [4.78, 5) is 20.5. The van der Waals surface area contributed by atoms with Crippen molar-refractivity contribution in [3.63, 3.8) is 0 Å². The third-order valence-corrected chi connectivity index (χ3v) is 4.53. The second kappa shape index (κ2) is 7.20. The van der Waals surface area contributed by atoms with E-state index in [1.807, 2.05) is 12.1 Å². The van der Waals surface area contributed by atoms with Gasteiger partial charge in [-0.1, -0.05) is 39.0 Å². The Bertz CT molecular complexity index is 1140. The molecule has 2 N–H and O–H groups in total. The van der Waals surface area contributed by atoms with Gasteiger partial charge in [-0.15, -0.1) is 0 Å². The van der Waals surface area contributed by atoms with Crippen LogP contribution >= 0.6 is 0 Å². The van der Waals surface area contributed by atoms with Gasteiger partial charge >= 0.3 is 0 Å². The van der Waals surface area contributed by atoms with E-state index in [9.17, 15) is 9.90 Å². The van der Waals surface area contributed by atoms with Crippen LogP contribution in [0.4, 0.5) is 11.4 Å². The molecular formula is C22H22N4O2. The summed E-state index contributed by atoms with van der Waals surface area (Å²) < 4.78 is 1.41. The minimum absolute atomic E-state index is 0.0625. The number of phenols is 1. The van der Waals surface area contributed by atoms with E-state index in [0.717, 1.165) is 5.56 Å². The van der Waals surface area contributed by atoms with E-state index in [4.69, 9.17) is 6.57 Å². The van der Waals surface area contributed by atoms with Gasteiger partial charge in [0.25, 0.3) is 5.56 Å². The van der Waals surface area contributed by atoms with Gasteiger partial charge in [0.15, 0.2) is 5.69 Å². The van der Waals surface area contributed by atoms with Crippen molar-refractivity contribution < 1.29 is 5.11 Å². The molecule has 3 aromatic rings. The van der Waals surface area contributed by atoms with Gasteiger partial charge in [-0.05, 0) is 42.2 Å². The standard InChI is InChI=1S/C22H22N4O2/c1-14-18(13-24-19-12-15(22(2,3)4)6-11-20(19)27)21(28)26(25-14)17-9-7-16(23-5)8-10-17/h6-13,25,27H,1-4H3. The average Bonchev–Trinajstić information content (AvgIpc) is 2.94. The Kier molecular flexibility index (Phi) is 4.93. The number of aromatic amines is 1. The topological polar surface area (TPSA) is 74.7 Å². The minimum Gasteiger partial charge on any atom is -0.506 e. The maximum absolute atomic E-state index is 12.8. The number of benzene rings is 2. The first-order valence-corrected chi connectivity index (χ1v) is 8.88. The molecule has 0 spiro atoms. The Morgan fingerprint density at radius 2 is 1.86 bits per heavy atom. The number of phenolic OH excluding ortho intramolecular Hbond substituents is 1. The molecule has 1 aromatic heterocycles. The molecule has 0 saturated carbocycles. The minimum atomic E-state index is -0.247. The normalized spacial score (nSPS) is 11.7. The van der Waals surface area contributed by atoms with Crippen LogP contribution in [0.25, 0.3) is 10.5 Å². The lowest BCUT2D eigenvalue weighted by atomic mass is 9.87. The van der Waals surface area contributed by atoms with Crippen LogP contribution in [0, 0.1) is 13.5 Å². The van der Waals surface area contributed by atoms with E-state index in [1.54, 1.807) is 37.3 Å². The SMILES string of the molecule is [C-]#[N+]c1ccc(-n2[nH]c(C)c(C=Nc3cc(C(C)(C)C)ccc3O)c2=O)cc1. The summed E-state index contributed by atoms with van der Waals surface area (Å²) in [5.41, 5.74) is 3.36. The first kappa shape index (κ1) is 19.2. The predicted molar refractivity (Wildman–Crippen MR) is 111 cm³/mol. The van der Waals surface area contributed by atoms with E-state index in [1.165, 1.54) is 10.9 Å². The zero-order valence-corrected chi connectivity index (χ0v) is 16.3. The van der Waals surface area contributed by atoms with E-state index >= 15 is 0 Å². The second-order valence-electron chi connectivity index (χ2n) is 7.63. The molecule has 0 aliphatic rings. The highest BCUT2D eigenvalue weighted by Gasteiger charge is 2.16. The number of hydrogen-bond donors (Lipinski definition) is 2.